The Kier molecular flexibility index (Phi) is 4.77. The molecule has 106 valence electrons. The van der Waals surface area contributed by atoms with Crippen LogP contribution in [0, 0.1) is 5.82 Å². The second-order valence-corrected chi connectivity index (χ2v) is 5.24. The number of hydrogen-bond donors (Lipinski definition) is 2. The number of rotatable bonds is 7. The highest BCUT2D eigenvalue weighted by Crippen LogP contribution is 2.26. The molecule has 19 heavy (non-hydrogen) atoms. The highest BCUT2D eigenvalue weighted by Gasteiger charge is 2.27. The lowest BCUT2D eigenvalue weighted by Crippen LogP contribution is -2.34. The molecule has 0 heterocycles. The van der Waals surface area contributed by atoms with Crippen LogP contribution in [0.2, 0.25) is 0 Å². The summed E-state index contributed by atoms with van der Waals surface area (Å²) in [5.41, 5.74) is 0.620. The fourth-order valence-corrected chi connectivity index (χ4v) is 2.45. The van der Waals surface area contributed by atoms with E-state index in [0.717, 1.165) is 25.7 Å². The lowest BCUT2D eigenvalue weighted by molar-refractivity contribution is 0.273. The van der Waals surface area contributed by atoms with E-state index in [9.17, 15) is 9.50 Å². The number of phenols is 1. The molecule has 1 aromatic carbocycles. The normalized spacial score (nSPS) is 16.8. The van der Waals surface area contributed by atoms with E-state index in [1.165, 1.54) is 31.0 Å². The SMILES string of the molecule is CCN(CCNC(C)c1cc(F)ccc1O)C1CC1. The van der Waals surface area contributed by atoms with Crippen molar-refractivity contribution >= 4 is 0 Å². The van der Waals surface area contributed by atoms with Crippen LogP contribution in [0.15, 0.2) is 18.2 Å². The van der Waals surface area contributed by atoms with Gasteiger partial charge in [0, 0.05) is 30.7 Å². The van der Waals surface area contributed by atoms with Crippen molar-refractivity contribution in [1.29, 1.82) is 0 Å². The summed E-state index contributed by atoms with van der Waals surface area (Å²) >= 11 is 0. The number of halogens is 1. The minimum absolute atomic E-state index is 0.0476. The number of nitrogens with zero attached hydrogens (tertiary/aromatic N) is 1. The summed E-state index contributed by atoms with van der Waals surface area (Å²) in [5, 5.41) is 13.1. The van der Waals surface area contributed by atoms with Crippen molar-refractivity contribution in [1.82, 2.24) is 10.2 Å². The van der Waals surface area contributed by atoms with Crippen LogP contribution in [-0.4, -0.2) is 35.7 Å². The van der Waals surface area contributed by atoms with Gasteiger partial charge in [0.2, 0.25) is 0 Å². The van der Waals surface area contributed by atoms with Crippen LogP contribution in [0.25, 0.3) is 0 Å². The van der Waals surface area contributed by atoms with Crippen molar-refractivity contribution < 1.29 is 9.50 Å². The average Bonchev–Trinajstić information content (AvgIpc) is 3.21. The van der Waals surface area contributed by atoms with Crippen LogP contribution < -0.4 is 5.32 Å². The molecule has 4 heteroatoms. The van der Waals surface area contributed by atoms with Gasteiger partial charge in [0.25, 0.3) is 0 Å². The first kappa shape index (κ1) is 14.3. The fraction of sp³-hybridized carbons (Fsp3) is 0.600. The molecule has 1 fully saturated rings. The van der Waals surface area contributed by atoms with Crippen molar-refractivity contribution in [3.63, 3.8) is 0 Å². The first-order chi connectivity index (χ1) is 9.11. The molecule has 2 rings (SSSR count). The van der Waals surface area contributed by atoms with Crippen molar-refractivity contribution in [2.75, 3.05) is 19.6 Å². The second kappa shape index (κ2) is 6.35. The molecule has 0 saturated heterocycles. The summed E-state index contributed by atoms with van der Waals surface area (Å²) in [6.45, 7) is 7.05. The maximum Gasteiger partial charge on any atom is 0.123 e. The summed E-state index contributed by atoms with van der Waals surface area (Å²) in [6, 6.07) is 4.80. The van der Waals surface area contributed by atoms with Gasteiger partial charge in [-0.15, -0.1) is 0 Å². The summed E-state index contributed by atoms with van der Waals surface area (Å²) in [6.07, 6.45) is 2.63. The molecule has 0 radical (unpaired) electrons. The molecule has 1 aliphatic rings. The van der Waals surface area contributed by atoms with Crippen molar-refractivity contribution in [2.24, 2.45) is 0 Å². The lowest BCUT2D eigenvalue weighted by Gasteiger charge is -2.22. The average molecular weight is 266 g/mol. The Morgan fingerprint density at radius 1 is 1.47 bits per heavy atom. The maximum atomic E-state index is 13.2. The van der Waals surface area contributed by atoms with Crippen LogP contribution in [0.4, 0.5) is 4.39 Å². The van der Waals surface area contributed by atoms with Crippen LogP contribution in [0.5, 0.6) is 5.75 Å². The standard InChI is InChI=1S/C15H23FN2O/c1-3-18(13-5-6-13)9-8-17-11(2)14-10-12(16)4-7-15(14)19/h4,7,10-11,13,17,19H,3,5-6,8-9H2,1-2H3. The van der Waals surface area contributed by atoms with Gasteiger partial charge in [0.05, 0.1) is 0 Å². The van der Waals surface area contributed by atoms with Gasteiger partial charge in [0.1, 0.15) is 11.6 Å². The number of nitrogens with one attached hydrogen (secondary N) is 1. The zero-order chi connectivity index (χ0) is 13.8. The predicted molar refractivity (Wildman–Crippen MR) is 74.8 cm³/mol. The first-order valence-corrected chi connectivity index (χ1v) is 7.07. The van der Waals surface area contributed by atoms with Gasteiger partial charge in [-0.3, -0.25) is 4.90 Å². The fourth-order valence-electron chi connectivity index (χ4n) is 2.45. The molecule has 1 aromatic rings. The van der Waals surface area contributed by atoms with Gasteiger partial charge < -0.3 is 10.4 Å². The highest BCUT2D eigenvalue weighted by atomic mass is 19.1. The van der Waals surface area contributed by atoms with Crippen LogP contribution in [0.3, 0.4) is 0 Å². The van der Waals surface area contributed by atoms with E-state index >= 15 is 0 Å². The third-order valence-corrected chi connectivity index (χ3v) is 3.78. The summed E-state index contributed by atoms with van der Waals surface area (Å²) < 4.78 is 13.2. The number of benzene rings is 1. The van der Waals surface area contributed by atoms with Gasteiger partial charge in [-0.25, -0.2) is 4.39 Å². The predicted octanol–water partition coefficient (Wildman–Crippen LogP) is 2.67. The Hall–Kier alpha value is -1.13. The highest BCUT2D eigenvalue weighted by molar-refractivity contribution is 5.34. The molecule has 0 bridgehead atoms. The molecule has 0 aliphatic heterocycles. The van der Waals surface area contributed by atoms with Gasteiger partial charge in [-0.2, -0.15) is 0 Å². The summed E-state index contributed by atoms with van der Waals surface area (Å²) in [7, 11) is 0. The molecule has 1 atom stereocenters. The van der Waals surface area contributed by atoms with E-state index in [1.807, 2.05) is 6.92 Å². The van der Waals surface area contributed by atoms with E-state index in [0.29, 0.717) is 5.56 Å². The number of aromatic hydroxyl groups is 1. The minimum Gasteiger partial charge on any atom is -0.508 e. The molecule has 0 aromatic heterocycles. The molecule has 1 saturated carbocycles. The Morgan fingerprint density at radius 2 is 2.21 bits per heavy atom. The lowest BCUT2D eigenvalue weighted by atomic mass is 10.1. The van der Waals surface area contributed by atoms with Gasteiger partial charge in [-0.1, -0.05) is 6.92 Å². The van der Waals surface area contributed by atoms with Crippen LogP contribution in [-0.2, 0) is 0 Å². The Morgan fingerprint density at radius 3 is 2.84 bits per heavy atom. The van der Waals surface area contributed by atoms with Crippen molar-refractivity contribution in [3.05, 3.63) is 29.6 Å². The molecule has 0 amide bonds. The zero-order valence-electron chi connectivity index (χ0n) is 11.7. The summed E-state index contributed by atoms with van der Waals surface area (Å²) in [5.74, 6) is -0.162. The largest absolute Gasteiger partial charge is 0.508 e. The second-order valence-electron chi connectivity index (χ2n) is 5.24. The number of phenolic OH excluding ortho intramolecular Hbond substituents is 1. The van der Waals surface area contributed by atoms with E-state index in [4.69, 9.17) is 0 Å². The molecule has 3 nitrogen and oxygen atoms in total. The third-order valence-electron chi connectivity index (χ3n) is 3.78. The van der Waals surface area contributed by atoms with Gasteiger partial charge >= 0.3 is 0 Å². The van der Waals surface area contributed by atoms with Gasteiger partial charge in [-0.05, 0) is 44.5 Å². The molecule has 1 unspecified atom stereocenters. The first-order valence-electron chi connectivity index (χ1n) is 7.07. The Bertz CT molecular complexity index is 421. The Labute approximate surface area is 114 Å². The number of hydrogen-bond acceptors (Lipinski definition) is 3. The van der Waals surface area contributed by atoms with E-state index < -0.39 is 0 Å². The molecule has 2 N–H and O–H groups in total. The van der Waals surface area contributed by atoms with Crippen LogP contribution >= 0.6 is 0 Å². The minimum atomic E-state index is -0.311. The van der Waals surface area contributed by atoms with Crippen molar-refractivity contribution in [2.45, 2.75) is 38.8 Å². The van der Waals surface area contributed by atoms with E-state index in [1.54, 1.807) is 0 Å². The van der Waals surface area contributed by atoms with Gasteiger partial charge in [0.15, 0.2) is 0 Å². The molecular formula is C15H23FN2O. The Balaban J connectivity index is 1.83. The monoisotopic (exact) mass is 266 g/mol. The van der Waals surface area contributed by atoms with Crippen LogP contribution in [0.1, 0.15) is 38.3 Å². The molecule has 0 spiro atoms. The van der Waals surface area contributed by atoms with E-state index in [-0.39, 0.29) is 17.6 Å². The maximum absolute atomic E-state index is 13.2. The molecule has 1 aliphatic carbocycles. The summed E-state index contributed by atoms with van der Waals surface area (Å²) in [4.78, 5) is 2.46. The topological polar surface area (TPSA) is 35.5 Å². The van der Waals surface area contributed by atoms with E-state index in [2.05, 4.69) is 17.1 Å². The molecular weight excluding hydrogens is 243 g/mol. The number of likely N-dealkylation sites (N-methyl/N-ethyl adjacent to an activating group) is 1. The quantitative estimate of drug-likeness (QED) is 0.796. The third kappa shape index (κ3) is 3.91. The smallest absolute Gasteiger partial charge is 0.123 e. The van der Waals surface area contributed by atoms with Crippen molar-refractivity contribution in [3.8, 4) is 5.75 Å². The zero-order valence-corrected chi connectivity index (χ0v) is 11.7.